The van der Waals surface area contributed by atoms with Gasteiger partial charge in [-0.2, -0.15) is 0 Å². The van der Waals surface area contributed by atoms with Crippen molar-refractivity contribution in [2.75, 3.05) is 25.0 Å². The molecule has 9 heteroatoms. The SMILES string of the molecule is O=C(Nc1ccc(Cl)cn1)[C@H]1CCCN(C(=O)CN2C(=O)[C@H]3CC=CC[C@H]3C2=O)C1. The lowest BCUT2D eigenvalue weighted by atomic mass is 9.85. The molecule has 3 heterocycles. The van der Waals surface area contributed by atoms with E-state index in [-0.39, 0.29) is 54.5 Å². The fourth-order valence-electron chi connectivity index (χ4n) is 4.36. The van der Waals surface area contributed by atoms with Crippen molar-refractivity contribution in [3.63, 3.8) is 0 Å². The van der Waals surface area contributed by atoms with Crippen molar-refractivity contribution in [1.29, 1.82) is 0 Å². The molecule has 1 aromatic heterocycles. The zero-order chi connectivity index (χ0) is 21.3. The maximum Gasteiger partial charge on any atom is 0.242 e. The van der Waals surface area contributed by atoms with Crippen molar-refractivity contribution in [1.82, 2.24) is 14.8 Å². The summed E-state index contributed by atoms with van der Waals surface area (Å²) in [6.07, 6.45) is 7.71. The van der Waals surface area contributed by atoms with Gasteiger partial charge in [-0.15, -0.1) is 0 Å². The second-order valence-electron chi connectivity index (χ2n) is 7.95. The Hall–Kier alpha value is -2.74. The van der Waals surface area contributed by atoms with Gasteiger partial charge < -0.3 is 10.2 Å². The van der Waals surface area contributed by atoms with Crippen molar-refractivity contribution in [2.45, 2.75) is 25.7 Å². The van der Waals surface area contributed by atoms with Crippen molar-refractivity contribution >= 4 is 41.0 Å². The first-order valence-electron chi connectivity index (χ1n) is 10.1. The zero-order valence-corrected chi connectivity index (χ0v) is 17.2. The van der Waals surface area contributed by atoms with E-state index in [0.717, 1.165) is 4.90 Å². The predicted octanol–water partition coefficient (Wildman–Crippen LogP) is 1.86. The Kier molecular flexibility index (Phi) is 5.85. The summed E-state index contributed by atoms with van der Waals surface area (Å²) in [4.78, 5) is 57.3. The van der Waals surface area contributed by atoms with Gasteiger partial charge in [-0.05, 0) is 37.8 Å². The topological polar surface area (TPSA) is 99.7 Å². The molecule has 0 radical (unpaired) electrons. The second-order valence-corrected chi connectivity index (χ2v) is 8.38. The number of hydrogen-bond donors (Lipinski definition) is 1. The number of allylic oxidation sites excluding steroid dienone is 2. The third-order valence-electron chi connectivity index (χ3n) is 6.02. The van der Waals surface area contributed by atoms with Gasteiger partial charge in [0.05, 0.1) is 22.8 Å². The smallest absolute Gasteiger partial charge is 0.242 e. The number of fused-ring (bicyclic) bond motifs is 1. The third kappa shape index (κ3) is 4.09. The molecule has 2 saturated heterocycles. The highest BCUT2D eigenvalue weighted by molar-refractivity contribution is 6.30. The summed E-state index contributed by atoms with van der Waals surface area (Å²) in [6.45, 7) is 0.507. The Morgan fingerprint density at radius 2 is 1.83 bits per heavy atom. The summed E-state index contributed by atoms with van der Waals surface area (Å²) in [6, 6.07) is 3.25. The van der Waals surface area contributed by atoms with Gasteiger partial charge in [-0.1, -0.05) is 23.8 Å². The number of nitrogens with one attached hydrogen (secondary N) is 1. The number of rotatable bonds is 4. The molecule has 4 rings (SSSR count). The lowest BCUT2D eigenvalue weighted by molar-refractivity contribution is -0.147. The number of hydrogen-bond acceptors (Lipinski definition) is 5. The first kappa shape index (κ1) is 20.5. The van der Waals surface area contributed by atoms with E-state index in [1.165, 1.54) is 6.20 Å². The molecule has 1 aromatic rings. The number of aromatic nitrogens is 1. The number of likely N-dealkylation sites (tertiary alicyclic amines) is 2. The average Bonchev–Trinajstić information content (AvgIpc) is 3.00. The number of carbonyl (C=O) groups excluding carboxylic acids is 4. The molecular weight excluding hydrogens is 408 g/mol. The number of anilines is 1. The maximum absolute atomic E-state index is 12.8. The predicted molar refractivity (Wildman–Crippen MR) is 109 cm³/mol. The van der Waals surface area contributed by atoms with Gasteiger partial charge >= 0.3 is 0 Å². The molecule has 3 atom stereocenters. The molecule has 1 aliphatic carbocycles. The molecule has 0 unspecified atom stereocenters. The lowest BCUT2D eigenvalue weighted by Crippen LogP contribution is -2.48. The third-order valence-corrected chi connectivity index (χ3v) is 6.24. The number of carbonyl (C=O) groups is 4. The molecule has 0 saturated carbocycles. The Labute approximate surface area is 179 Å². The minimum atomic E-state index is -0.378. The van der Waals surface area contributed by atoms with E-state index >= 15 is 0 Å². The Balaban J connectivity index is 1.35. The fraction of sp³-hybridized carbons (Fsp3) is 0.476. The van der Waals surface area contributed by atoms with Crippen LogP contribution in [-0.2, 0) is 19.2 Å². The van der Waals surface area contributed by atoms with Gasteiger partial charge in [0, 0.05) is 19.3 Å². The number of piperidine rings is 1. The van der Waals surface area contributed by atoms with Crippen LogP contribution in [0.1, 0.15) is 25.7 Å². The van der Waals surface area contributed by atoms with E-state index in [1.807, 2.05) is 12.2 Å². The van der Waals surface area contributed by atoms with Crippen LogP contribution < -0.4 is 5.32 Å². The molecule has 2 fully saturated rings. The van der Waals surface area contributed by atoms with E-state index in [9.17, 15) is 19.2 Å². The van der Waals surface area contributed by atoms with E-state index in [1.54, 1.807) is 17.0 Å². The van der Waals surface area contributed by atoms with Crippen LogP contribution in [0.4, 0.5) is 5.82 Å². The number of halogens is 1. The number of imide groups is 1. The molecule has 158 valence electrons. The van der Waals surface area contributed by atoms with Gasteiger partial charge in [-0.25, -0.2) is 4.98 Å². The van der Waals surface area contributed by atoms with Crippen LogP contribution in [0.3, 0.4) is 0 Å². The summed E-state index contributed by atoms with van der Waals surface area (Å²) < 4.78 is 0. The Bertz CT molecular complexity index is 875. The standard InChI is InChI=1S/C21H23ClN4O4/c22-14-7-8-17(23-10-14)24-19(28)13-4-3-9-25(11-13)18(27)12-26-20(29)15-5-1-2-6-16(15)21(26)30/h1-2,7-8,10,13,15-16H,3-6,9,11-12H2,(H,23,24,28)/t13-,15-,16+/m0/s1. The van der Waals surface area contributed by atoms with E-state index in [0.29, 0.717) is 43.1 Å². The molecule has 30 heavy (non-hydrogen) atoms. The summed E-state index contributed by atoms with van der Waals surface area (Å²) in [7, 11) is 0. The molecule has 0 bridgehead atoms. The molecule has 1 N–H and O–H groups in total. The highest BCUT2D eigenvalue weighted by Crippen LogP contribution is 2.35. The van der Waals surface area contributed by atoms with Gasteiger partial charge in [-0.3, -0.25) is 24.1 Å². The second kappa shape index (κ2) is 8.55. The van der Waals surface area contributed by atoms with Gasteiger partial charge in [0.25, 0.3) is 0 Å². The maximum atomic E-state index is 12.8. The molecular formula is C21H23ClN4O4. The van der Waals surface area contributed by atoms with Gasteiger partial charge in [0.2, 0.25) is 23.6 Å². The van der Waals surface area contributed by atoms with Gasteiger partial charge in [0.15, 0.2) is 0 Å². The summed E-state index contributed by atoms with van der Waals surface area (Å²) in [5.74, 6) is -1.71. The van der Waals surface area contributed by atoms with Crippen molar-refractivity contribution in [2.24, 2.45) is 17.8 Å². The van der Waals surface area contributed by atoms with Crippen LogP contribution in [0.15, 0.2) is 30.5 Å². The van der Waals surface area contributed by atoms with Crippen LogP contribution in [0.2, 0.25) is 5.02 Å². The minimum absolute atomic E-state index is 0.215. The first-order chi connectivity index (χ1) is 14.4. The Morgan fingerprint density at radius 3 is 2.47 bits per heavy atom. The highest BCUT2D eigenvalue weighted by Gasteiger charge is 2.48. The monoisotopic (exact) mass is 430 g/mol. The molecule has 2 aliphatic heterocycles. The fourth-order valence-corrected chi connectivity index (χ4v) is 4.47. The van der Waals surface area contributed by atoms with Crippen molar-refractivity contribution in [3.8, 4) is 0 Å². The summed E-state index contributed by atoms with van der Waals surface area (Å²) in [5, 5.41) is 3.22. The average molecular weight is 431 g/mol. The normalized spacial score (nSPS) is 26.0. The first-order valence-corrected chi connectivity index (χ1v) is 10.5. The van der Waals surface area contributed by atoms with Crippen LogP contribution >= 0.6 is 11.6 Å². The van der Waals surface area contributed by atoms with Crippen molar-refractivity contribution in [3.05, 3.63) is 35.5 Å². The highest BCUT2D eigenvalue weighted by atomic mass is 35.5. The van der Waals surface area contributed by atoms with E-state index in [2.05, 4.69) is 10.3 Å². The number of pyridine rings is 1. The Morgan fingerprint density at radius 1 is 1.13 bits per heavy atom. The van der Waals surface area contributed by atoms with Crippen LogP contribution in [0, 0.1) is 17.8 Å². The molecule has 8 nitrogen and oxygen atoms in total. The largest absolute Gasteiger partial charge is 0.340 e. The van der Waals surface area contributed by atoms with Crippen LogP contribution in [-0.4, -0.2) is 58.0 Å². The lowest BCUT2D eigenvalue weighted by Gasteiger charge is -2.32. The number of amides is 4. The summed E-state index contributed by atoms with van der Waals surface area (Å²) in [5.41, 5.74) is 0. The zero-order valence-electron chi connectivity index (χ0n) is 16.4. The molecule has 0 spiro atoms. The van der Waals surface area contributed by atoms with Crippen molar-refractivity contribution < 1.29 is 19.2 Å². The van der Waals surface area contributed by atoms with E-state index in [4.69, 9.17) is 11.6 Å². The van der Waals surface area contributed by atoms with Gasteiger partial charge in [0.1, 0.15) is 12.4 Å². The van der Waals surface area contributed by atoms with E-state index < -0.39 is 0 Å². The molecule has 0 aromatic carbocycles. The molecule has 4 amide bonds. The van der Waals surface area contributed by atoms with Crippen LogP contribution in [0.5, 0.6) is 0 Å². The molecule has 3 aliphatic rings. The minimum Gasteiger partial charge on any atom is -0.340 e. The quantitative estimate of drug-likeness (QED) is 0.580. The number of nitrogens with zero attached hydrogens (tertiary/aromatic N) is 3. The summed E-state index contributed by atoms with van der Waals surface area (Å²) >= 11 is 5.81. The van der Waals surface area contributed by atoms with Crippen LogP contribution in [0.25, 0.3) is 0 Å².